The Morgan fingerprint density at radius 1 is 1.12 bits per heavy atom. The van der Waals surface area contributed by atoms with E-state index in [1.165, 1.54) is 0 Å². The number of nitrogens with zero attached hydrogens (tertiary/aromatic N) is 2. The number of thiazole rings is 1. The summed E-state index contributed by atoms with van der Waals surface area (Å²) < 4.78 is 3.05. The molecular weight excluding hydrogens is 408 g/mol. The van der Waals surface area contributed by atoms with E-state index in [0.29, 0.717) is 5.56 Å². The van der Waals surface area contributed by atoms with Gasteiger partial charge in [0.1, 0.15) is 0 Å². The van der Waals surface area contributed by atoms with Crippen molar-refractivity contribution in [3.05, 3.63) is 87.5 Å². The van der Waals surface area contributed by atoms with Gasteiger partial charge in [0.25, 0.3) is 0 Å². The molecule has 0 saturated carbocycles. The molecule has 4 rings (SSSR count). The molecule has 0 radical (unpaired) electrons. The Labute approximate surface area is 163 Å². The molecule has 128 valence electrons. The van der Waals surface area contributed by atoms with Gasteiger partial charge in [-0.2, -0.15) is 0 Å². The summed E-state index contributed by atoms with van der Waals surface area (Å²) in [4.78, 5) is 18.2. The molecule has 0 saturated heterocycles. The maximum atomic E-state index is 12.5. The van der Waals surface area contributed by atoms with Crippen molar-refractivity contribution in [1.29, 1.82) is 0 Å². The average molecular weight is 423 g/mol. The first-order valence-electron chi connectivity index (χ1n) is 8.13. The SMILES string of the molecule is Cc1csc2nc(-c3ccccc3)c(/C=C/C(=O)c3ccc(Br)cc3)n12. The number of aryl methyl sites for hydroxylation is 1. The highest BCUT2D eigenvalue weighted by Crippen LogP contribution is 2.29. The van der Waals surface area contributed by atoms with Crippen molar-refractivity contribution in [2.75, 3.05) is 0 Å². The molecule has 5 heteroatoms. The molecule has 0 unspecified atom stereocenters. The third kappa shape index (κ3) is 3.16. The van der Waals surface area contributed by atoms with Crippen LogP contribution in [0.5, 0.6) is 0 Å². The van der Waals surface area contributed by atoms with Crippen LogP contribution in [0.4, 0.5) is 0 Å². The lowest BCUT2D eigenvalue weighted by Crippen LogP contribution is -1.95. The topological polar surface area (TPSA) is 34.4 Å². The fourth-order valence-corrected chi connectivity index (χ4v) is 3.99. The van der Waals surface area contributed by atoms with Crippen LogP contribution in [0.3, 0.4) is 0 Å². The van der Waals surface area contributed by atoms with Gasteiger partial charge in [-0.15, -0.1) is 11.3 Å². The van der Waals surface area contributed by atoms with E-state index in [9.17, 15) is 4.79 Å². The normalized spacial score (nSPS) is 11.5. The van der Waals surface area contributed by atoms with Gasteiger partial charge in [0.2, 0.25) is 0 Å². The van der Waals surface area contributed by atoms with Gasteiger partial charge >= 0.3 is 0 Å². The molecule has 3 nitrogen and oxygen atoms in total. The molecule has 4 aromatic rings. The summed E-state index contributed by atoms with van der Waals surface area (Å²) in [6.45, 7) is 2.05. The van der Waals surface area contributed by atoms with Crippen molar-refractivity contribution >= 4 is 44.1 Å². The minimum Gasteiger partial charge on any atom is -0.289 e. The van der Waals surface area contributed by atoms with Gasteiger partial charge in [-0.05, 0) is 43.3 Å². The first-order valence-corrected chi connectivity index (χ1v) is 9.81. The van der Waals surface area contributed by atoms with Gasteiger partial charge < -0.3 is 0 Å². The van der Waals surface area contributed by atoms with Crippen molar-refractivity contribution in [2.24, 2.45) is 0 Å². The Hall–Kier alpha value is -2.50. The van der Waals surface area contributed by atoms with Crippen LogP contribution in [0.1, 0.15) is 21.7 Å². The quantitative estimate of drug-likeness (QED) is 0.297. The molecule has 2 aromatic heterocycles. The molecule has 2 aromatic carbocycles. The minimum atomic E-state index is -0.0284. The lowest BCUT2D eigenvalue weighted by molar-refractivity contribution is 0.104. The number of fused-ring (bicyclic) bond motifs is 1. The van der Waals surface area contributed by atoms with Crippen LogP contribution in [0.2, 0.25) is 0 Å². The number of carbonyl (C=O) groups is 1. The van der Waals surface area contributed by atoms with Crippen LogP contribution in [0.15, 0.2) is 70.5 Å². The first-order chi connectivity index (χ1) is 12.6. The van der Waals surface area contributed by atoms with E-state index in [4.69, 9.17) is 4.98 Å². The number of benzene rings is 2. The second-order valence-corrected chi connectivity index (χ2v) is 7.66. The lowest BCUT2D eigenvalue weighted by Gasteiger charge is -2.01. The fourth-order valence-electron chi connectivity index (χ4n) is 2.85. The summed E-state index contributed by atoms with van der Waals surface area (Å²) in [5, 5.41) is 2.07. The molecule has 0 N–H and O–H groups in total. The second kappa shape index (κ2) is 7.02. The zero-order valence-electron chi connectivity index (χ0n) is 14.0. The molecule has 0 amide bonds. The van der Waals surface area contributed by atoms with Gasteiger partial charge in [0.15, 0.2) is 10.7 Å². The summed E-state index contributed by atoms with van der Waals surface area (Å²) in [5.41, 5.74) is 4.62. The van der Waals surface area contributed by atoms with E-state index in [1.54, 1.807) is 17.4 Å². The number of hydrogen-bond donors (Lipinski definition) is 0. The van der Waals surface area contributed by atoms with E-state index in [2.05, 4.69) is 25.7 Å². The largest absolute Gasteiger partial charge is 0.289 e. The third-order valence-electron chi connectivity index (χ3n) is 4.14. The van der Waals surface area contributed by atoms with E-state index in [-0.39, 0.29) is 5.78 Å². The summed E-state index contributed by atoms with van der Waals surface area (Å²) in [5.74, 6) is -0.0284. The van der Waals surface area contributed by atoms with Crippen LogP contribution in [0, 0.1) is 6.92 Å². The molecular formula is C21H15BrN2OS. The maximum absolute atomic E-state index is 12.5. The van der Waals surface area contributed by atoms with E-state index < -0.39 is 0 Å². The third-order valence-corrected chi connectivity index (χ3v) is 5.61. The monoisotopic (exact) mass is 422 g/mol. The molecule has 0 atom stereocenters. The van der Waals surface area contributed by atoms with Crippen LogP contribution in [0.25, 0.3) is 22.3 Å². The number of allylic oxidation sites excluding steroid dienone is 1. The standard InChI is InChI=1S/C21H15BrN2OS/c1-14-13-26-21-23-20(16-5-3-2-4-6-16)18(24(14)21)11-12-19(25)15-7-9-17(22)10-8-15/h2-13H,1H3/b12-11+. The summed E-state index contributed by atoms with van der Waals surface area (Å²) in [7, 11) is 0. The Morgan fingerprint density at radius 2 is 1.85 bits per heavy atom. The van der Waals surface area contributed by atoms with E-state index in [0.717, 1.165) is 32.1 Å². The number of imidazole rings is 1. The lowest BCUT2D eigenvalue weighted by atomic mass is 10.1. The molecule has 0 bridgehead atoms. The highest BCUT2D eigenvalue weighted by molar-refractivity contribution is 9.10. The fraction of sp³-hybridized carbons (Fsp3) is 0.0476. The van der Waals surface area contributed by atoms with Crippen molar-refractivity contribution in [3.63, 3.8) is 0 Å². The number of ketones is 1. The van der Waals surface area contributed by atoms with Gasteiger partial charge in [-0.25, -0.2) is 4.98 Å². The molecule has 0 aliphatic rings. The van der Waals surface area contributed by atoms with Crippen LogP contribution in [-0.2, 0) is 0 Å². The number of rotatable bonds is 4. The first kappa shape index (κ1) is 16.9. The maximum Gasteiger partial charge on any atom is 0.194 e. The van der Waals surface area contributed by atoms with Gasteiger partial charge in [-0.1, -0.05) is 46.3 Å². The predicted octanol–water partition coefficient (Wildman–Crippen LogP) is 6.03. The zero-order valence-corrected chi connectivity index (χ0v) is 16.4. The molecule has 0 fully saturated rings. The molecule has 26 heavy (non-hydrogen) atoms. The Bertz CT molecular complexity index is 1110. The molecule has 0 aliphatic carbocycles. The van der Waals surface area contributed by atoms with Crippen LogP contribution in [-0.4, -0.2) is 15.2 Å². The highest BCUT2D eigenvalue weighted by atomic mass is 79.9. The van der Waals surface area contributed by atoms with Gasteiger partial charge in [0.05, 0.1) is 11.4 Å². The summed E-state index contributed by atoms with van der Waals surface area (Å²) in [6.07, 6.45) is 3.49. The average Bonchev–Trinajstić information content (AvgIpc) is 3.21. The smallest absolute Gasteiger partial charge is 0.194 e. The Kier molecular flexibility index (Phi) is 4.57. The molecule has 0 aliphatic heterocycles. The number of aromatic nitrogens is 2. The number of carbonyl (C=O) groups excluding carboxylic acids is 1. The van der Waals surface area contributed by atoms with E-state index in [1.807, 2.05) is 67.6 Å². The molecule has 0 spiro atoms. The van der Waals surface area contributed by atoms with Gasteiger partial charge in [0, 0.05) is 26.7 Å². The number of hydrogen-bond acceptors (Lipinski definition) is 3. The molecule has 2 heterocycles. The van der Waals surface area contributed by atoms with Gasteiger partial charge in [-0.3, -0.25) is 9.20 Å². The van der Waals surface area contributed by atoms with Crippen LogP contribution >= 0.6 is 27.3 Å². The zero-order chi connectivity index (χ0) is 18.1. The summed E-state index contributed by atoms with van der Waals surface area (Å²) in [6, 6.07) is 17.4. The van der Waals surface area contributed by atoms with Crippen molar-refractivity contribution < 1.29 is 4.79 Å². The van der Waals surface area contributed by atoms with Crippen molar-refractivity contribution in [3.8, 4) is 11.3 Å². The second-order valence-electron chi connectivity index (χ2n) is 5.91. The summed E-state index contributed by atoms with van der Waals surface area (Å²) >= 11 is 5.00. The van der Waals surface area contributed by atoms with Crippen molar-refractivity contribution in [1.82, 2.24) is 9.38 Å². The highest BCUT2D eigenvalue weighted by Gasteiger charge is 2.15. The van der Waals surface area contributed by atoms with E-state index >= 15 is 0 Å². The Morgan fingerprint density at radius 3 is 2.58 bits per heavy atom. The van der Waals surface area contributed by atoms with Crippen LogP contribution < -0.4 is 0 Å². The minimum absolute atomic E-state index is 0.0284. The predicted molar refractivity (Wildman–Crippen MR) is 111 cm³/mol. The van der Waals surface area contributed by atoms with Crippen molar-refractivity contribution in [2.45, 2.75) is 6.92 Å². The Balaban J connectivity index is 1.78. The number of halogens is 1.